The highest BCUT2D eigenvalue weighted by molar-refractivity contribution is 7.81. The molecule has 0 aromatic heterocycles. The molecule has 0 fully saturated rings. The summed E-state index contributed by atoms with van der Waals surface area (Å²) in [5, 5.41) is 0.138. The summed E-state index contributed by atoms with van der Waals surface area (Å²) < 4.78 is 5.36. The molecule has 2 atom stereocenters. The van der Waals surface area contributed by atoms with E-state index in [1.165, 1.54) is 0 Å². The topological polar surface area (TPSA) is 21.6 Å². The van der Waals surface area contributed by atoms with Crippen LogP contribution in [0.15, 0.2) is 4.99 Å². The predicted octanol–water partition coefficient (Wildman–Crippen LogP) is 1.76. The highest BCUT2D eigenvalue weighted by atomic mass is 32.1. The van der Waals surface area contributed by atoms with E-state index in [0.717, 1.165) is 12.5 Å². The third-order valence-corrected chi connectivity index (χ3v) is 2.04. The zero-order valence-corrected chi connectivity index (χ0v) is 8.14. The van der Waals surface area contributed by atoms with Crippen molar-refractivity contribution in [2.24, 2.45) is 10.9 Å². The van der Waals surface area contributed by atoms with Crippen molar-refractivity contribution >= 4 is 18.5 Å². The van der Waals surface area contributed by atoms with Crippen molar-refractivity contribution in [2.75, 3.05) is 6.61 Å². The van der Waals surface area contributed by atoms with Gasteiger partial charge in [-0.15, -0.1) is 0 Å². The smallest absolute Gasteiger partial charge is 0.196 e. The Morgan fingerprint density at radius 2 is 2.18 bits per heavy atom. The molecular formula is C8H15NOS. The van der Waals surface area contributed by atoms with Crippen molar-refractivity contribution in [2.45, 2.75) is 32.1 Å². The molecule has 0 radical (unpaired) electrons. The van der Waals surface area contributed by atoms with Crippen LogP contribution in [0, 0.1) is 5.92 Å². The van der Waals surface area contributed by atoms with E-state index in [4.69, 9.17) is 4.74 Å². The molecule has 0 bridgehead atoms. The maximum atomic E-state index is 5.36. The maximum absolute atomic E-state index is 5.36. The second-order valence-corrected chi connectivity index (χ2v) is 4.04. The molecule has 0 amide bonds. The van der Waals surface area contributed by atoms with Crippen molar-refractivity contribution in [1.29, 1.82) is 0 Å². The fourth-order valence-corrected chi connectivity index (χ4v) is 1.12. The number of nitrogens with zero attached hydrogens (tertiary/aromatic N) is 1. The molecule has 0 aromatic rings. The first-order valence-electron chi connectivity index (χ1n) is 4.00. The molecule has 11 heavy (non-hydrogen) atoms. The summed E-state index contributed by atoms with van der Waals surface area (Å²) in [7, 11) is 0. The van der Waals surface area contributed by atoms with Crippen molar-refractivity contribution in [1.82, 2.24) is 0 Å². The number of rotatable bonds is 2. The Kier molecular flexibility index (Phi) is 2.82. The van der Waals surface area contributed by atoms with Crippen LogP contribution in [0.3, 0.4) is 0 Å². The van der Waals surface area contributed by atoms with Crippen LogP contribution >= 0.6 is 12.6 Å². The van der Waals surface area contributed by atoms with Gasteiger partial charge in [-0.1, -0.05) is 13.8 Å². The second-order valence-electron chi connectivity index (χ2n) is 3.27. The standard InChI is InChI=1S/C8H15NOS/c1-5(2)7-4-10-8(9-7)6(3)11/h5-7,11H,4H2,1-3H3. The second kappa shape index (κ2) is 3.48. The normalized spacial score (nSPS) is 26.6. The van der Waals surface area contributed by atoms with Crippen LogP contribution in [0.5, 0.6) is 0 Å². The average molecular weight is 173 g/mol. The van der Waals surface area contributed by atoms with Gasteiger partial charge in [0.2, 0.25) is 0 Å². The Balaban J connectivity index is 2.54. The number of ether oxygens (including phenoxy) is 1. The SMILES string of the molecule is CC(S)C1=NC(C(C)C)CO1. The third kappa shape index (κ3) is 2.12. The van der Waals surface area contributed by atoms with Crippen LogP contribution < -0.4 is 0 Å². The van der Waals surface area contributed by atoms with E-state index < -0.39 is 0 Å². The summed E-state index contributed by atoms with van der Waals surface area (Å²) in [5.74, 6) is 1.37. The molecule has 0 saturated heterocycles. The van der Waals surface area contributed by atoms with Crippen molar-refractivity contribution in [3.8, 4) is 0 Å². The highest BCUT2D eigenvalue weighted by Crippen LogP contribution is 2.16. The number of hydrogen-bond donors (Lipinski definition) is 1. The fraction of sp³-hybridized carbons (Fsp3) is 0.875. The van der Waals surface area contributed by atoms with Gasteiger partial charge in [-0.25, -0.2) is 4.99 Å². The molecule has 0 spiro atoms. The van der Waals surface area contributed by atoms with E-state index in [9.17, 15) is 0 Å². The summed E-state index contributed by atoms with van der Waals surface area (Å²) in [4.78, 5) is 4.41. The van der Waals surface area contributed by atoms with Crippen LogP contribution in [-0.4, -0.2) is 23.8 Å². The number of hydrogen-bond acceptors (Lipinski definition) is 3. The van der Waals surface area contributed by atoms with E-state index in [-0.39, 0.29) is 5.25 Å². The Morgan fingerprint density at radius 3 is 2.45 bits per heavy atom. The third-order valence-electron chi connectivity index (χ3n) is 1.82. The molecule has 1 aliphatic heterocycles. The summed E-state index contributed by atoms with van der Waals surface area (Å²) >= 11 is 4.25. The largest absolute Gasteiger partial charge is 0.478 e. The van der Waals surface area contributed by atoms with E-state index in [2.05, 4.69) is 31.5 Å². The molecular weight excluding hydrogens is 158 g/mol. The lowest BCUT2D eigenvalue weighted by atomic mass is 10.1. The molecule has 0 N–H and O–H groups in total. The molecule has 2 nitrogen and oxygen atoms in total. The minimum absolute atomic E-state index is 0.138. The molecule has 2 unspecified atom stereocenters. The first-order valence-corrected chi connectivity index (χ1v) is 4.51. The van der Waals surface area contributed by atoms with Gasteiger partial charge in [0.05, 0.1) is 11.3 Å². The summed E-state index contributed by atoms with van der Waals surface area (Å²) in [6, 6.07) is 0.347. The van der Waals surface area contributed by atoms with Gasteiger partial charge in [-0.3, -0.25) is 0 Å². The van der Waals surface area contributed by atoms with Crippen LogP contribution in [0.1, 0.15) is 20.8 Å². The van der Waals surface area contributed by atoms with Crippen LogP contribution in [0.4, 0.5) is 0 Å². The fourth-order valence-electron chi connectivity index (χ4n) is 0.979. The van der Waals surface area contributed by atoms with Crippen LogP contribution in [-0.2, 0) is 4.74 Å². The zero-order chi connectivity index (χ0) is 8.43. The average Bonchev–Trinajstić information content (AvgIpc) is 2.33. The minimum Gasteiger partial charge on any atom is -0.478 e. The van der Waals surface area contributed by atoms with Crippen molar-refractivity contribution in [3.05, 3.63) is 0 Å². The molecule has 0 aromatic carbocycles. The van der Waals surface area contributed by atoms with E-state index in [1.807, 2.05) is 6.92 Å². The van der Waals surface area contributed by atoms with Gasteiger partial charge >= 0.3 is 0 Å². The van der Waals surface area contributed by atoms with E-state index in [0.29, 0.717) is 12.0 Å². The lowest BCUT2D eigenvalue weighted by molar-refractivity contribution is 0.287. The molecule has 3 heteroatoms. The van der Waals surface area contributed by atoms with E-state index >= 15 is 0 Å². The lowest BCUT2D eigenvalue weighted by Crippen LogP contribution is -2.13. The van der Waals surface area contributed by atoms with Gasteiger partial charge in [0.15, 0.2) is 5.90 Å². The monoisotopic (exact) mass is 173 g/mol. The van der Waals surface area contributed by atoms with Gasteiger partial charge in [0.25, 0.3) is 0 Å². The van der Waals surface area contributed by atoms with Gasteiger partial charge in [0.1, 0.15) is 6.61 Å². The predicted molar refractivity (Wildman–Crippen MR) is 50.5 cm³/mol. The number of aliphatic imine (C=N–C) groups is 1. The Morgan fingerprint density at radius 1 is 1.55 bits per heavy atom. The summed E-state index contributed by atoms with van der Waals surface area (Å²) in [6.07, 6.45) is 0. The zero-order valence-electron chi connectivity index (χ0n) is 7.24. The molecule has 64 valence electrons. The maximum Gasteiger partial charge on any atom is 0.196 e. The van der Waals surface area contributed by atoms with Crippen molar-refractivity contribution < 1.29 is 4.74 Å². The molecule has 1 heterocycles. The molecule has 0 saturated carbocycles. The van der Waals surface area contributed by atoms with Crippen LogP contribution in [0.2, 0.25) is 0 Å². The highest BCUT2D eigenvalue weighted by Gasteiger charge is 2.23. The Hall–Kier alpha value is -0.180. The molecule has 0 aliphatic carbocycles. The molecule has 1 aliphatic rings. The number of thiol groups is 1. The van der Waals surface area contributed by atoms with Gasteiger partial charge in [-0.05, 0) is 12.8 Å². The van der Waals surface area contributed by atoms with Gasteiger partial charge in [0, 0.05) is 0 Å². The first kappa shape index (κ1) is 8.91. The first-order chi connectivity index (χ1) is 5.11. The Bertz CT molecular complexity index is 165. The quantitative estimate of drug-likeness (QED) is 0.631. The van der Waals surface area contributed by atoms with Crippen molar-refractivity contribution in [3.63, 3.8) is 0 Å². The summed E-state index contributed by atoms with van der Waals surface area (Å²) in [6.45, 7) is 7.02. The molecule has 1 rings (SSSR count). The Labute approximate surface area is 73.5 Å². The van der Waals surface area contributed by atoms with Gasteiger partial charge in [-0.2, -0.15) is 12.6 Å². The summed E-state index contributed by atoms with van der Waals surface area (Å²) in [5.41, 5.74) is 0. The van der Waals surface area contributed by atoms with E-state index in [1.54, 1.807) is 0 Å². The van der Waals surface area contributed by atoms with Crippen LogP contribution in [0.25, 0.3) is 0 Å². The van der Waals surface area contributed by atoms with Gasteiger partial charge < -0.3 is 4.74 Å². The lowest BCUT2D eigenvalue weighted by Gasteiger charge is -2.06. The minimum atomic E-state index is 0.138.